The summed E-state index contributed by atoms with van der Waals surface area (Å²) in [7, 11) is 4.34. The van der Waals surface area contributed by atoms with Crippen molar-refractivity contribution in [2.75, 3.05) is 21.2 Å². The van der Waals surface area contributed by atoms with Crippen LogP contribution in [0.5, 0.6) is 0 Å². The molecule has 0 fully saturated rings. The first-order chi connectivity index (χ1) is 8.85. The first-order valence-corrected chi connectivity index (χ1v) is 5.21. The number of nitrogens with zero attached hydrogens (tertiary/aromatic N) is 2. The predicted octanol–water partition coefficient (Wildman–Crippen LogP) is 0.588. The van der Waals surface area contributed by atoms with E-state index < -0.39 is 16.8 Å². The van der Waals surface area contributed by atoms with Crippen LogP contribution in [-0.4, -0.2) is 43.0 Å². The maximum absolute atomic E-state index is 11.8. The van der Waals surface area contributed by atoms with Crippen molar-refractivity contribution in [3.05, 3.63) is 39.4 Å². The number of nitro groups is 1. The van der Waals surface area contributed by atoms with Gasteiger partial charge in [0.15, 0.2) is 0 Å². The van der Waals surface area contributed by atoms with E-state index in [1.165, 1.54) is 11.1 Å². The zero-order valence-corrected chi connectivity index (χ0v) is 10.7. The zero-order valence-electron chi connectivity index (χ0n) is 10.7. The van der Waals surface area contributed by atoms with Crippen molar-refractivity contribution in [1.29, 1.82) is 0 Å². The molecule has 0 heterocycles. The van der Waals surface area contributed by atoms with Crippen LogP contribution in [0.1, 0.15) is 20.7 Å². The third kappa shape index (κ3) is 3.75. The van der Waals surface area contributed by atoms with Crippen LogP contribution in [0.2, 0.25) is 0 Å². The molecule has 0 aliphatic rings. The number of hydrazine groups is 1. The predicted molar refractivity (Wildman–Crippen MR) is 65.6 cm³/mol. The first-order valence-electron chi connectivity index (χ1n) is 5.21. The van der Waals surface area contributed by atoms with Crippen LogP contribution < -0.4 is 5.43 Å². The number of nitro benzene ring substituents is 1. The average molecular weight is 267 g/mol. The lowest BCUT2D eigenvalue weighted by atomic mass is 10.1. The zero-order chi connectivity index (χ0) is 14.6. The Kier molecular flexibility index (Phi) is 4.54. The SMILES string of the molecule is COC(=O)c1cc(C(=O)NN(C)C)cc([N+](=O)[O-])c1. The van der Waals surface area contributed by atoms with E-state index in [1.807, 2.05) is 0 Å². The molecule has 0 saturated carbocycles. The lowest BCUT2D eigenvalue weighted by molar-refractivity contribution is -0.384. The van der Waals surface area contributed by atoms with Gasteiger partial charge in [0.1, 0.15) is 0 Å². The van der Waals surface area contributed by atoms with Crippen molar-refractivity contribution in [3.8, 4) is 0 Å². The van der Waals surface area contributed by atoms with Gasteiger partial charge in [0.05, 0.1) is 17.6 Å². The number of methoxy groups -OCH3 is 1. The van der Waals surface area contributed by atoms with E-state index in [2.05, 4.69) is 10.2 Å². The van der Waals surface area contributed by atoms with E-state index in [9.17, 15) is 19.7 Å². The largest absolute Gasteiger partial charge is 0.465 e. The summed E-state index contributed by atoms with van der Waals surface area (Å²) in [6, 6.07) is 3.38. The number of nitrogens with one attached hydrogen (secondary N) is 1. The molecular weight excluding hydrogens is 254 g/mol. The van der Waals surface area contributed by atoms with Crippen LogP contribution >= 0.6 is 0 Å². The molecule has 102 valence electrons. The summed E-state index contributed by atoms with van der Waals surface area (Å²) >= 11 is 0. The summed E-state index contributed by atoms with van der Waals surface area (Å²) < 4.78 is 4.48. The minimum atomic E-state index is -0.748. The molecule has 8 heteroatoms. The number of rotatable bonds is 4. The Bertz CT molecular complexity index is 527. The summed E-state index contributed by atoms with van der Waals surface area (Å²) in [6.45, 7) is 0. The van der Waals surface area contributed by atoms with Gasteiger partial charge in [-0.1, -0.05) is 0 Å². The molecule has 0 aromatic heterocycles. The van der Waals surface area contributed by atoms with Crippen LogP contribution in [0.3, 0.4) is 0 Å². The molecule has 1 aromatic carbocycles. The topological polar surface area (TPSA) is 102 Å². The van der Waals surface area contributed by atoms with E-state index >= 15 is 0 Å². The Morgan fingerprint density at radius 2 is 1.84 bits per heavy atom. The van der Waals surface area contributed by atoms with E-state index in [1.54, 1.807) is 14.1 Å². The second-order valence-corrected chi connectivity index (χ2v) is 3.85. The number of non-ortho nitro benzene ring substituents is 1. The van der Waals surface area contributed by atoms with Gasteiger partial charge in [-0.2, -0.15) is 0 Å². The van der Waals surface area contributed by atoms with Gasteiger partial charge in [-0.05, 0) is 6.07 Å². The quantitative estimate of drug-likeness (QED) is 0.486. The fraction of sp³-hybridized carbons (Fsp3) is 0.273. The summed E-state index contributed by atoms with van der Waals surface area (Å²) in [5, 5.41) is 12.2. The molecule has 8 nitrogen and oxygen atoms in total. The van der Waals surface area contributed by atoms with E-state index in [0.29, 0.717) is 0 Å². The Morgan fingerprint density at radius 3 is 2.32 bits per heavy atom. The average Bonchev–Trinajstić information content (AvgIpc) is 2.36. The van der Waals surface area contributed by atoms with Crippen molar-refractivity contribution in [3.63, 3.8) is 0 Å². The Morgan fingerprint density at radius 1 is 1.26 bits per heavy atom. The molecular formula is C11H13N3O5. The Labute approximate surface area is 109 Å². The summed E-state index contributed by atoms with van der Waals surface area (Å²) in [6.07, 6.45) is 0. The highest BCUT2D eigenvalue weighted by Gasteiger charge is 2.18. The molecule has 1 N–H and O–H groups in total. The smallest absolute Gasteiger partial charge is 0.338 e. The summed E-state index contributed by atoms with van der Waals surface area (Å²) in [5.41, 5.74) is 2.02. The minimum absolute atomic E-state index is 0.00306. The Hall–Kier alpha value is -2.48. The standard InChI is InChI=1S/C11H13N3O5/c1-13(2)12-10(15)7-4-8(11(16)19-3)6-9(5-7)14(17)18/h4-6H,1-3H3,(H,12,15). The molecule has 1 rings (SSSR count). The highest BCUT2D eigenvalue weighted by Crippen LogP contribution is 2.18. The summed E-state index contributed by atoms with van der Waals surface area (Å²) in [4.78, 5) is 33.3. The number of carbonyl (C=O) groups is 2. The third-order valence-corrected chi connectivity index (χ3v) is 2.14. The molecule has 0 aliphatic heterocycles. The van der Waals surface area contributed by atoms with Crippen LogP contribution in [0.4, 0.5) is 5.69 Å². The van der Waals surface area contributed by atoms with Crippen LogP contribution in [0, 0.1) is 10.1 Å². The number of carbonyl (C=O) groups excluding carboxylic acids is 2. The molecule has 0 unspecified atom stereocenters. The highest BCUT2D eigenvalue weighted by molar-refractivity contribution is 5.98. The Balaban J connectivity index is 3.24. The number of amides is 1. The molecule has 0 bridgehead atoms. The molecule has 1 aromatic rings. The van der Waals surface area contributed by atoms with Gasteiger partial charge in [0, 0.05) is 31.8 Å². The van der Waals surface area contributed by atoms with Crippen molar-refractivity contribution >= 4 is 17.6 Å². The van der Waals surface area contributed by atoms with Crippen molar-refractivity contribution in [2.45, 2.75) is 0 Å². The van der Waals surface area contributed by atoms with Gasteiger partial charge >= 0.3 is 5.97 Å². The fourth-order valence-corrected chi connectivity index (χ4v) is 1.35. The van der Waals surface area contributed by atoms with E-state index in [0.717, 1.165) is 19.2 Å². The van der Waals surface area contributed by atoms with Gasteiger partial charge in [0.2, 0.25) is 0 Å². The fourth-order valence-electron chi connectivity index (χ4n) is 1.35. The number of hydrogen-bond acceptors (Lipinski definition) is 6. The normalized spacial score (nSPS) is 10.1. The summed E-state index contributed by atoms with van der Waals surface area (Å²) in [5.74, 6) is -1.30. The van der Waals surface area contributed by atoms with Crippen LogP contribution in [-0.2, 0) is 4.74 Å². The van der Waals surface area contributed by atoms with E-state index in [4.69, 9.17) is 0 Å². The molecule has 1 amide bonds. The second kappa shape index (κ2) is 5.91. The van der Waals surface area contributed by atoms with Crippen molar-refractivity contribution in [1.82, 2.24) is 10.4 Å². The van der Waals surface area contributed by atoms with Crippen LogP contribution in [0.25, 0.3) is 0 Å². The molecule has 0 aliphatic carbocycles. The lowest BCUT2D eigenvalue weighted by Crippen LogP contribution is -2.36. The van der Waals surface area contributed by atoms with Gasteiger partial charge < -0.3 is 4.74 Å². The lowest BCUT2D eigenvalue weighted by Gasteiger charge is -2.12. The second-order valence-electron chi connectivity index (χ2n) is 3.85. The van der Waals surface area contributed by atoms with Gasteiger partial charge in [0.25, 0.3) is 11.6 Å². The monoisotopic (exact) mass is 267 g/mol. The van der Waals surface area contributed by atoms with Gasteiger partial charge in [-0.3, -0.25) is 20.3 Å². The molecule has 0 atom stereocenters. The maximum atomic E-state index is 11.8. The molecule has 0 radical (unpaired) electrons. The van der Waals surface area contributed by atoms with Gasteiger partial charge in [-0.15, -0.1) is 0 Å². The molecule has 0 saturated heterocycles. The van der Waals surface area contributed by atoms with Crippen molar-refractivity contribution in [2.24, 2.45) is 0 Å². The first kappa shape index (κ1) is 14.6. The van der Waals surface area contributed by atoms with Crippen LogP contribution in [0.15, 0.2) is 18.2 Å². The van der Waals surface area contributed by atoms with E-state index in [-0.39, 0.29) is 16.8 Å². The molecule has 19 heavy (non-hydrogen) atoms. The maximum Gasteiger partial charge on any atom is 0.338 e. The number of esters is 1. The highest BCUT2D eigenvalue weighted by atomic mass is 16.6. The minimum Gasteiger partial charge on any atom is -0.465 e. The molecule has 0 spiro atoms. The third-order valence-electron chi connectivity index (χ3n) is 2.14. The number of ether oxygens (including phenoxy) is 1. The van der Waals surface area contributed by atoms with Gasteiger partial charge in [-0.25, -0.2) is 9.80 Å². The number of benzene rings is 1. The number of hydrogen-bond donors (Lipinski definition) is 1. The van der Waals surface area contributed by atoms with Crippen molar-refractivity contribution < 1.29 is 19.2 Å².